The molecule has 1 aromatic rings. The van der Waals surface area contributed by atoms with Crippen LogP contribution >= 0.6 is 0 Å². The number of hydrogen-bond acceptors (Lipinski definition) is 4. The Morgan fingerprint density at radius 1 is 1.33 bits per heavy atom. The maximum atomic E-state index is 5.36. The van der Waals surface area contributed by atoms with Gasteiger partial charge in [0.1, 0.15) is 12.9 Å². The molecule has 0 saturated heterocycles. The highest BCUT2D eigenvalue weighted by atomic mass is 16.5. The molecule has 0 saturated carbocycles. The van der Waals surface area contributed by atoms with Crippen LogP contribution in [0.3, 0.4) is 0 Å². The summed E-state index contributed by atoms with van der Waals surface area (Å²) in [6, 6.07) is 1.68. The summed E-state index contributed by atoms with van der Waals surface area (Å²) in [5.41, 5.74) is 0.949. The molecule has 4 heteroatoms. The Hall–Kier alpha value is -1.58. The zero-order valence-electron chi connectivity index (χ0n) is 9.19. The quantitative estimate of drug-likeness (QED) is 0.672. The minimum atomic E-state index is 0.463. The van der Waals surface area contributed by atoms with Crippen LogP contribution in [0.5, 0.6) is 11.8 Å². The van der Waals surface area contributed by atoms with Crippen LogP contribution in [0.1, 0.15) is 20.3 Å². The topological polar surface area (TPSA) is 44.2 Å². The van der Waals surface area contributed by atoms with Gasteiger partial charge >= 0.3 is 0 Å². The van der Waals surface area contributed by atoms with E-state index in [2.05, 4.69) is 16.5 Å². The molecule has 0 fully saturated rings. The minimum absolute atomic E-state index is 0.463. The molecule has 0 amide bonds. The van der Waals surface area contributed by atoms with Gasteiger partial charge in [-0.15, -0.1) is 0 Å². The Morgan fingerprint density at radius 2 is 2.00 bits per heavy atom. The molecule has 82 valence electrons. The molecule has 0 aliphatic heterocycles. The Morgan fingerprint density at radius 3 is 2.60 bits per heavy atom. The fourth-order valence-electron chi connectivity index (χ4n) is 0.884. The summed E-state index contributed by atoms with van der Waals surface area (Å²) < 4.78 is 10.7. The highest BCUT2D eigenvalue weighted by Crippen LogP contribution is 2.13. The Balaban J connectivity index is 2.53. The van der Waals surface area contributed by atoms with Gasteiger partial charge in [0.25, 0.3) is 0 Å². The van der Waals surface area contributed by atoms with E-state index in [-0.39, 0.29) is 0 Å². The molecule has 0 aliphatic carbocycles. The molecule has 0 atom stereocenters. The molecular weight excluding hydrogens is 192 g/mol. The van der Waals surface area contributed by atoms with Gasteiger partial charge in [-0.05, 0) is 18.9 Å². The lowest BCUT2D eigenvalue weighted by molar-refractivity contribution is 0.295. The summed E-state index contributed by atoms with van der Waals surface area (Å²) in [6.07, 6.45) is 2.38. The molecule has 1 rings (SSSR count). The van der Waals surface area contributed by atoms with Crippen LogP contribution in [0, 0.1) is 0 Å². The number of rotatable bonds is 6. The maximum absolute atomic E-state index is 5.36. The van der Waals surface area contributed by atoms with Gasteiger partial charge < -0.3 is 9.47 Å². The van der Waals surface area contributed by atoms with Gasteiger partial charge in [0.15, 0.2) is 0 Å². The first kappa shape index (κ1) is 11.5. The number of nitrogens with zero attached hydrogens (tertiary/aromatic N) is 2. The van der Waals surface area contributed by atoms with Crippen LogP contribution in [0.25, 0.3) is 0 Å². The van der Waals surface area contributed by atoms with Crippen LogP contribution in [-0.4, -0.2) is 23.2 Å². The Bertz CT molecular complexity index is 326. The third-order valence-corrected chi connectivity index (χ3v) is 1.54. The molecule has 0 aromatic carbocycles. The van der Waals surface area contributed by atoms with Gasteiger partial charge in [-0.3, -0.25) is 0 Å². The molecule has 1 aromatic heterocycles. The summed E-state index contributed by atoms with van der Waals surface area (Å²) in [7, 11) is 0. The number of hydrogen-bond donors (Lipinski definition) is 0. The number of aromatic nitrogens is 2. The largest absolute Gasteiger partial charge is 0.478 e. The standard InChI is InChI=1S/C11H16N2O2/c1-4-5-14-10-6-11(13-8-12-10)15-7-9(2)3/h6,8H,2,4-5,7H2,1,3H3. The molecule has 15 heavy (non-hydrogen) atoms. The van der Waals surface area contributed by atoms with Gasteiger partial charge in [-0.25, -0.2) is 9.97 Å². The van der Waals surface area contributed by atoms with Gasteiger partial charge in [-0.1, -0.05) is 13.5 Å². The average Bonchev–Trinajstić information content (AvgIpc) is 2.24. The van der Waals surface area contributed by atoms with Crippen molar-refractivity contribution >= 4 is 0 Å². The fraction of sp³-hybridized carbons (Fsp3) is 0.455. The van der Waals surface area contributed by atoms with Crippen molar-refractivity contribution in [1.29, 1.82) is 0 Å². The fourth-order valence-corrected chi connectivity index (χ4v) is 0.884. The first-order valence-corrected chi connectivity index (χ1v) is 4.94. The predicted octanol–water partition coefficient (Wildman–Crippen LogP) is 2.22. The second-order valence-corrected chi connectivity index (χ2v) is 3.29. The van der Waals surface area contributed by atoms with E-state index in [4.69, 9.17) is 9.47 Å². The van der Waals surface area contributed by atoms with Crippen molar-refractivity contribution in [2.75, 3.05) is 13.2 Å². The van der Waals surface area contributed by atoms with Crippen LogP contribution in [0.4, 0.5) is 0 Å². The van der Waals surface area contributed by atoms with Crippen molar-refractivity contribution in [3.8, 4) is 11.8 Å². The summed E-state index contributed by atoms with van der Waals surface area (Å²) in [5, 5.41) is 0. The number of ether oxygens (including phenoxy) is 2. The second-order valence-electron chi connectivity index (χ2n) is 3.29. The molecule has 1 heterocycles. The molecule has 0 N–H and O–H groups in total. The SMILES string of the molecule is C=C(C)COc1cc(OCCC)ncn1. The van der Waals surface area contributed by atoms with E-state index in [1.54, 1.807) is 6.07 Å². The molecular formula is C11H16N2O2. The van der Waals surface area contributed by atoms with E-state index in [1.165, 1.54) is 6.33 Å². The predicted molar refractivity (Wildman–Crippen MR) is 58.1 cm³/mol. The monoisotopic (exact) mass is 208 g/mol. The Labute approximate surface area is 90.0 Å². The molecule has 0 unspecified atom stereocenters. The lowest BCUT2D eigenvalue weighted by atomic mass is 10.4. The summed E-state index contributed by atoms with van der Waals surface area (Å²) in [5.74, 6) is 1.06. The van der Waals surface area contributed by atoms with E-state index in [9.17, 15) is 0 Å². The minimum Gasteiger partial charge on any atom is -0.478 e. The zero-order chi connectivity index (χ0) is 11.1. The van der Waals surface area contributed by atoms with Crippen molar-refractivity contribution in [3.63, 3.8) is 0 Å². The lowest BCUT2D eigenvalue weighted by Gasteiger charge is -2.06. The molecule has 0 spiro atoms. The third kappa shape index (κ3) is 4.44. The van der Waals surface area contributed by atoms with E-state index < -0.39 is 0 Å². The van der Waals surface area contributed by atoms with E-state index in [0.29, 0.717) is 25.0 Å². The normalized spacial score (nSPS) is 9.73. The van der Waals surface area contributed by atoms with Crippen molar-refractivity contribution in [3.05, 3.63) is 24.5 Å². The Kier molecular flexibility index (Phi) is 4.60. The van der Waals surface area contributed by atoms with E-state index in [0.717, 1.165) is 12.0 Å². The third-order valence-electron chi connectivity index (χ3n) is 1.54. The summed E-state index contributed by atoms with van der Waals surface area (Å²) in [4.78, 5) is 7.93. The van der Waals surface area contributed by atoms with Crippen LogP contribution < -0.4 is 9.47 Å². The summed E-state index contributed by atoms with van der Waals surface area (Å²) >= 11 is 0. The van der Waals surface area contributed by atoms with E-state index in [1.807, 2.05) is 13.8 Å². The van der Waals surface area contributed by atoms with Crippen molar-refractivity contribution in [2.45, 2.75) is 20.3 Å². The van der Waals surface area contributed by atoms with Crippen molar-refractivity contribution in [2.24, 2.45) is 0 Å². The first-order chi connectivity index (χ1) is 7.22. The van der Waals surface area contributed by atoms with Gasteiger partial charge in [-0.2, -0.15) is 0 Å². The smallest absolute Gasteiger partial charge is 0.220 e. The van der Waals surface area contributed by atoms with Gasteiger partial charge in [0, 0.05) is 0 Å². The summed E-state index contributed by atoms with van der Waals surface area (Å²) in [6.45, 7) is 8.79. The van der Waals surface area contributed by atoms with Crippen molar-refractivity contribution in [1.82, 2.24) is 9.97 Å². The average molecular weight is 208 g/mol. The lowest BCUT2D eigenvalue weighted by Crippen LogP contribution is -2.02. The molecule has 0 aliphatic rings. The van der Waals surface area contributed by atoms with Gasteiger partial charge in [0.05, 0.1) is 12.7 Å². The van der Waals surface area contributed by atoms with Crippen LogP contribution in [0.15, 0.2) is 24.5 Å². The van der Waals surface area contributed by atoms with Gasteiger partial charge in [0.2, 0.25) is 11.8 Å². The highest BCUT2D eigenvalue weighted by molar-refractivity contribution is 5.18. The molecule has 0 radical (unpaired) electrons. The molecule has 4 nitrogen and oxygen atoms in total. The van der Waals surface area contributed by atoms with E-state index >= 15 is 0 Å². The van der Waals surface area contributed by atoms with Crippen LogP contribution in [-0.2, 0) is 0 Å². The van der Waals surface area contributed by atoms with Crippen LogP contribution in [0.2, 0.25) is 0 Å². The van der Waals surface area contributed by atoms with Crippen molar-refractivity contribution < 1.29 is 9.47 Å². The second kappa shape index (κ2) is 6.01. The molecule has 0 bridgehead atoms. The highest BCUT2D eigenvalue weighted by Gasteiger charge is 2.00. The first-order valence-electron chi connectivity index (χ1n) is 4.94. The zero-order valence-corrected chi connectivity index (χ0v) is 9.19. The maximum Gasteiger partial charge on any atom is 0.220 e.